The minimum atomic E-state index is -1.01. The molecule has 9 heteroatoms. The molecule has 1 N–H and O–H groups in total. The molecule has 5 rings (SSSR count). The maximum absolute atomic E-state index is 13.7. The van der Waals surface area contributed by atoms with E-state index >= 15 is 0 Å². The number of thioether (sulfide) groups is 1. The summed E-state index contributed by atoms with van der Waals surface area (Å²) in [6, 6.07) is 11.6. The Hall–Kier alpha value is -3.20. The van der Waals surface area contributed by atoms with Gasteiger partial charge in [0.15, 0.2) is 11.0 Å². The van der Waals surface area contributed by atoms with Crippen molar-refractivity contribution >= 4 is 35.0 Å². The highest BCUT2D eigenvalue weighted by Gasteiger charge is 2.45. The van der Waals surface area contributed by atoms with Gasteiger partial charge in [0, 0.05) is 24.0 Å². The first kappa shape index (κ1) is 20.7. The number of hydrogen-bond donors (Lipinski definition) is 1. The average Bonchev–Trinajstić information content (AvgIpc) is 3.54. The molecule has 2 aliphatic rings. The van der Waals surface area contributed by atoms with Crippen molar-refractivity contribution in [1.29, 1.82) is 0 Å². The molecule has 3 heterocycles. The van der Waals surface area contributed by atoms with E-state index in [9.17, 15) is 9.59 Å². The zero-order valence-corrected chi connectivity index (χ0v) is 19.0. The largest absolute Gasteiger partial charge is 0.322 e. The Kier molecular flexibility index (Phi) is 5.00. The lowest BCUT2D eigenvalue weighted by molar-refractivity contribution is -0.126. The van der Waals surface area contributed by atoms with Gasteiger partial charge < -0.3 is 5.32 Å². The topological polar surface area (TPSA) is 93.0 Å². The fourth-order valence-corrected chi connectivity index (χ4v) is 4.91. The highest BCUT2D eigenvalue weighted by atomic mass is 32.2. The standard InChI is InChI=1S/C23H24N6O2S/c1-14(20(30)29-18-7-5-4-6-17(18)25-21(31)23(29,2)3)32-22-27-26-19(28(22)16-8-9-16)15-10-12-24-13-11-15/h4-7,10-14,16H,8-9H2,1-3H3,(H,25,31). The maximum atomic E-state index is 13.7. The molecule has 1 aromatic carbocycles. The van der Waals surface area contributed by atoms with Gasteiger partial charge in [0.25, 0.3) is 0 Å². The second-order valence-electron chi connectivity index (χ2n) is 8.61. The van der Waals surface area contributed by atoms with E-state index in [1.165, 1.54) is 11.8 Å². The van der Waals surface area contributed by atoms with Crippen LogP contribution in [0.5, 0.6) is 0 Å². The van der Waals surface area contributed by atoms with Gasteiger partial charge in [-0.15, -0.1) is 10.2 Å². The zero-order valence-electron chi connectivity index (χ0n) is 18.1. The van der Waals surface area contributed by atoms with Gasteiger partial charge in [-0.2, -0.15) is 0 Å². The molecule has 0 bridgehead atoms. The highest BCUT2D eigenvalue weighted by Crippen LogP contribution is 2.43. The van der Waals surface area contributed by atoms with Crippen molar-refractivity contribution < 1.29 is 9.59 Å². The molecule has 1 aliphatic heterocycles. The normalized spacial score (nSPS) is 18.1. The third kappa shape index (κ3) is 3.46. The molecule has 2 amide bonds. The van der Waals surface area contributed by atoms with Crippen LogP contribution in [0.2, 0.25) is 0 Å². The van der Waals surface area contributed by atoms with Crippen LogP contribution in [0.3, 0.4) is 0 Å². The molecule has 0 saturated heterocycles. The van der Waals surface area contributed by atoms with Crippen LogP contribution in [0, 0.1) is 0 Å². The molecular weight excluding hydrogens is 424 g/mol. The average molecular weight is 449 g/mol. The number of para-hydroxylation sites is 2. The van der Waals surface area contributed by atoms with Gasteiger partial charge >= 0.3 is 0 Å². The molecule has 0 radical (unpaired) electrons. The summed E-state index contributed by atoms with van der Waals surface area (Å²) in [7, 11) is 0. The molecular formula is C23H24N6O2S. The first-order valence-electron chi connectivity index (χ1n) is 10.6. The van der Waals surface area contributed by atoms with Crippen molar-refractivity contribution in [3.8, 4) is 11.4 Å². The molecule has 1 aliphatic carbocycles. The number of carbonyl (C=O) groups excluding carboxylic acids is 2. The summed E-state index contributed by atoms with van der Waals surface area (Å²) in [6.07, 6.45) is 5.61. The summed E-state index contributed by atoms with van der Waals surface area (Å²) in [5.41, 5.74) is 1.29. The maximum Gasteiger partial charge on any atom is 0.250 e. The first-order valence-corrected chi connectivity index (χ1v) is 11.5. The van der Waals surface area contributed by atoms with Gasteiger partial charge in [-0.05, 0) is 57.9 Å². The summed E-state index contributed by atoms with van der Waals surface area (Å²) < 4.78 is 2.13. The van der Waals surface area contributed by atoms with E-state index in [1.807, 2.05) is 43.3 Å². The van der Waals surface area contributed by atoms with E-state index < -0.39 is 10.8 Å². The number of hydrogen-bond acceptors (Lipinski definition) is 6. The third-order valence-corrected chi connectivity index (χ3v) is 6.92. The zero-order chi connectivity index (χ0) is 22.5. The Morgan fingerprint density at radius 2 is 1.88 bits per heavy atom. The summed E-state index contributed by atoms with van der Waals surface area (Å²) in [4.78, 5) is 32.1. The lowest BCUT2D eigenvalue weighted by Gasteiger charge is -2.43. The molecule has 1 unspecified atom stereocenters. The summed E-state index contributed by atoms with van der Waals surface area (Å²) in [5.74, 6) is 0.445. The number of fused-ring (bicyclic) bond motifs is 1. The Morgan fingerprint density at radius 3 is 2.59 bits per heavy atom. The number of nitrogens with one attached hydrogen (secondary N) is 1. The van der Waals surface area contributed by atoms with Crippen molar-refractivity contribution in [3.63, 3.8) is 0 Å². The third-order valence-electron chi connectivity index (χ3n) is 5.87. The van der Waals surface area contributed by atoms with Crippen LogP contribution in [0.4, 0.5) is 11.4 Å². The molecule has 164 valence electrons. The lowest BCUT2D eigenvalue weighted by Crippen LogP contribution is -2.60. The molecule has 32 heavy (non-hydrogen) atoms. The summed E-state index contributed by atoms with van der Waals surface area (Å²) in [6.45, 7) is 5.39. The summed E-state index contributed by atoms with van der Waals surface area (Å²) in [5, 5.41) is 12.0. The Labute approximate surface area is 190 Å². The number of benzene rings is 1. The van der Waals surface area contributed by atoms with Crippen molar-refractivity contribution in [2.45, 2.75) is 55.6 Å². The fraction of sp³-hybridized carbons (Fsp3) is 0.348. The van der Waals surface area contributed by atoms with Crippen LogP contribution in [0.25, 0.3) is 11.4 Å². The Balaban J connectivity index is 1.46. The minimum absolute atomic E-state index is 0.141. The van der Waals surface area contributed by atoms with Gasteiger partial charge in [0.1, 0.15) is 5.54 Å². The fourth-order valence-electron chi connectivity index (χ4n) is 3.95. The van der Waals surface area contributed by atoms with Gasteiger partial charge in [-0.25, -0.2) is 0 Å². The highest BCUT2D eigenvalue weighted by molar-refractivity contribution is 8.00. The lowest BCUT2D eigenvalue weighted by atomic mass is 9.96. The van der Waals surface area contributed by atoms with Gasteiger partial charge in [-0.3, -0.25) is 24.0 Å². The monoisotopic (exact) mass is 448 g/mol. The molecule has 2 aromatic heterocycles. The molecule has 1 atom stereocenters. The molecule has 1 saturated carbocycles. The number of rotatable bonds is 5. The van der Waals surface area contributed by atoms with Crippen LogP contribution >= 0.6 is 11.8 Å². The quantitative estimate of drug-likeness (QED) is 0.595. The predicted molar refractivity (Wildman–Crippen MR) is 123 cm³/mol. The smallest absolute Gasteiger partial charge is 0.250 e. The molecule has 1 fully saturated rings. The summed E-state index contributed by atoms with van der Waals surface area (Å²) >= 11 is 1.38. The van der Waals surface area contributed by atoms with Crippen molar-refractivity contribution in [3.05, 3.63) is 48.8 Å². The Morgan fingerprint density at radius 1 is 1.16 bits per heavy atom. The van der Waals surface area contributed by atoms with Crippen LogP contribution in [-0.2, 0) is 9.59 Å². The van der Waals surface area contributed by atoms with Crippen LogP contribution < -0.4 is 10.2 Å². The van der Waals surface area contributed by atoms with E-state index in [2.05, 4.69) is 25.1 Å². The van der Waals surface area contributed by atoms with Crippen LogP contribution in [-0.4, -0.2) is 42.4 Å². The SMILES string of the molecule is CC(Sc1nnc(-c2ccncc2)n1C1CC1)C(=O)N1c2ccccc2NC(=O)C1(C)C. The minimum Gasteiger partial charge on any atom is -0.322 e. The number of carbonyl (C=O) groups is 2. The van der Waals surface area contributed by atoms with Crippen molar-refractivity contribution in [2.24, 2.45) is 0 Å². The van der Waals surface area contributed by atoms with Gasteiger partial charge in [-0.1, -0.05) is 23.9 Å². The van der Waals surface area contributed by atoms with E-state index in [-0.39, 0.29) is 11.8 Å². The number of anilines is 2. The van der Waals surface area contributed by atoms with Crippen molar-refractivity contribution in [2.75, 3.05) is 10.2 Å². The number of pyridine rings is 1. The molecule has 0 spiro atoms. The first-order chi connectivity index (χ1) is 15.4. The van der Waals surface area contributed by atoms with Crippen LogP contribution in [0.1, 0.15) is 39.7 Å². The second kappa shape index (κ2) is 7.74. The molecule has 8 nitrogen and oxygen atoms in total. The van der Waals surface area contributed by atoms with Crippen molar-refractivity contribution in [1.82, 2.24) is 19.7 Å². The second-order valence-corrected chi connectivity index (χ2v) is 9.92. The Bertz CT molecular complexity index is 1190. The number of aromatic nitrogens is 4. The van der Waals surface area contributed by atoms with E-state index in [0.717, 1.165) is 24.2 Å². The van der Waals surface area contributed by atoms with E-state index in [4.69, 9.17) is 0 Å². The molecule has 3 aromatic rings. The van der Waals surface area contributed by atoms with E-state index in [0.29, 0.717) is 22.6 Å². The van der Waals surface area contributed by atoms with Gasteiger partial charge in [0.05, 0.1) is 16.6 Å². The van der Waals surface area contributed by atoms with Gasteiger partial charge in [0.2, 0.25) is 11.8 Å². The van der Waals surface area contributed by atoms with Crippen LogP contribution in [0.15, 0.2) is 53.9 Å². The number of amides is 2. The van der Waals surface area contributed by atoms with E-state index in [1.54, 1.807) is 31.1 Å². The number of nitrogens with zero attached hydrogens (tertiary/aromatic N) is 5. The predicted octanol–water partition coefficient (Wildman–Crippen LogP) is 3.92.